The van der Waals surface area contributed by atoms with Crippen LogP contribution in [0, 0.1) is 0 Å². The van der Waals surface area contributed by atoms with Crippen molar-refractivity contribution in [3.05, 3.63) is 58.7 Å². The van der Waals surface area contributed by atoms with Crippen LogP contribution in [-0.4, -0.2) is 6.01 Å². The predicted octanol–water partition coefficient (Wildman–Crippen LogP) is 8.32. The lowest BCUT2D eigenvalue weighted by molar-refractivity contribution is 0.790. The molecule has 0 unspecified atom stereocenters. The zero-order valence-electron chi connectivity index (χ0n) is 18.2. The maximum Gasteiger partial charge on any atom is 0.100 e. The van der Waals surface area contributed by atoms with Gasteiger partial charge in [0.25, 0.3) is 0 Å². The minimum Gasteiger partial charge on any atom is -0.188 e. The van der Waals surface area contributed by atoms with Gasteiger partial charge in [-0.2, -0.15) is 9.98 Å². The molecule has 0 aliphatic rings. The van der Waals surface area contributed by atoms with E-state index in [1.807, 2.05) is 0 Å². The van der Waals surface area contributed by atoms with Gasteiger partial charge in [0.05, 0.1) is 11.4 Å². The summed E-state index contributed by atoms with van der Waals surface area (Å²) in [4.78, 5) is 8.92. The third-order valence-electron chi connectivity index (χ3n) is 4.99. The monoisotopic (exact) mass is 362 g/mol. The average Bonchev–Trinajstić information content (AvgIpc) is 2.61. The van der Waals surface area contributed by atoms with Gasteiger partial charge in [0.1, 0.15) is 6.01 Å². The summed E-state index contributed by atoms with van der Waals surface area (Å²) in [6, 6.07) is 15.7. The van der Waals surface area contributed by atoms with Crippen molar-refractivity contribution in [1.82, 2.24) is 0 Å². The third-order valence-corrected chi connectivity index (χ3v) is 4.99. The number of hydrogen-bond donors (Lipinski definition) is 0. The van der Waals surface area contributed by atoms with E-state index in [9.17, 15) is 0 Å². The zero-order chi connectivity index (χ0) is 20.1. The molecule has 2 rings (SSSR count). The van der Waals surface area contributed by atoms with Crippen molar-refractivity contribution in [3.8, 4) is 0 Å². The van der Waals surface area contributed by atoms with E-state index in [1.54, 1.807) is 0 Å². The topological polar surface area (TPSA) is 24.7 Å². The first-order valence-corrected chi connectivity index (χ1v) is 10.1. The molecule has 2 heteroatoms. The number of rotatable bonds is 6. The molecule has 0 N–H and O–H groups in total. The fourth-order valence-electron chi connectivity index (χ4n) is 3.46. The van der Waals surface area contributed by atoms with Crippen molar-refractivity contribution in [2.24, 2.45) is 9.98 Å². The summed E-state index contributed by atoms with van der Waals surface area (Å²) >= 11 is 0. The normalized spacial score (nSPS) is 11.4. The van der Waals surface area contributed by atoms with Crippen molar-refractivity contribution < 1.29 is 0 Å². The van der Waals surface area contributed by atoms with E-state index in [-0.39, 0.29) is 0 Å². The lowest BCUT2D eigenvalue weighted by Gasteiger charge is -2.16. The van der Waals surface area contributed by atoms with Gasteiger partial charge in [-0.3, -0.25) is 0 Å². The lowest BCUT2D eigenvalue weighted by atomic mass is 9.90. The molecule has 0 aliphatic carbocycles. The summed E-state index contributed by atoms with van der Waals surface area (Å²) in [5.41, 5.74) is 7.33. The minimum atomic E-state index is 0.478. The fraction of sp³-hybridized carbons (Fsp3) is 0.480. The molecule has 0 heterocycles. The van der Waals surface area contributed by atoms with E-state index in [1.165, 1.54) is 22.3 Å². The van der Waals surface area contributed by atoms with Gasteiger partial charge in [-0.05, 0) is 70.2 Å². The molecule has 0 spiro atoms. The Bertz CT molecular complexity index is 768. The molecule has 0 aliphatic heterocycles. The number of aliphatic imine (C=N–C) groups is 2. The molecule has 0 bridgehead atoms. The SMILES string of the molecule is CC(C)c1ccc(N=C=Nc2ccc(C(C)C)c(C(C)C)c2)cc1C(C)C. The highest BCUT2D eigenvalue weighted by atomic mass is 14.8. The predicted molar refractivity (Wildman–Crippen MR) is 118 cm³/mol. The Morgan fingerprint density at radius 1 is 0.519 bits per heavy atom. The highest BCUT2D eigenvalue weighted by Gasteiger charge is 2.11. The van der Waals surface area contributed by atoms with Crippen LogP contribution in [0.3, 0.4) is 0 Å². The van der Waals surface area contributed by atoms with Crippen LogP contribution < -0.4 is 0 Å². The molecule has 0 saturated carbocycles. The van der Waals surface area contributed by atoms with Crippen molar-refractivity contribution in [2.75, 3.05) is 0 Å². The van der Waals surface area contributed by atoms with Gasteiger partial charge < -0.3 is 0 Å². The summed E-state index contributed by atoms with van der Waals surface area (Å²) in [6.07, 6.45) is 0. The number of nitrogens with zero attached hydrogens (tertiary/aromatic N) is 2. The van der Waals surface area contributed by atoms with Crippen LogP contribution >= 0.6 is 0 Å². The van der Waals surface area contributed by atoms with Gasteiger partial charge in [-0.25, -0.2) is 0 Å². The summed E-state index contributed by atoms with van der Waals surface area (Å²) in [5, 5.41) is 0. The standard InChI is InChI=1S/C25H34N2/c1-16(2)22-11-9-20(13-24(22)18(5)6)26-15-27-21-10-12-23(17(3)4)25(14-21)19(7)8/h9-14,16-19H,1-8H3. The third kappa shape index (κ3) is 5.40. The largest absolute Gasteiger partial charge is 0.188 e. The van der Waals surface area contributed by atoms with E-state index >= 15 is 0 Å². The molecule has 2 aromatic carbocycles. The smallest absolute Gasteiger partial charge is 0.100 e. The van der Waals surface area contributed by atoms with Crippen molar-refractivity contribution in [2.45, 2.75) is 79.1 Å². The van der Waals surface area contributed by atoms with E-state index in [0.29, 0.717) is 23.7 Å². The summed E-state index contributed by atoms with van der Waals surface area (Å²) in [5.74, 6) is 1.99. The second kappa shape index (κ2) is 9.15. The van der Waals surface area contributed by atoms with E-state index < -0.39 is 0 Å². The Balaban J connectivity index is 2.34. The van der Waals surface area contributed by atoms with E-state index in [4.69, 9.17) is 0 Å². The van der Waals surface area contributed by atoms with Gasteiger partial charge in [0, 0.05) is 0 Å². The highest BCUT2D eigenvalue weighted by molar-refractivity contribution is 5.60. The first kappa shape index (κ1) is 21.1. The maximum absolute atomic E-state index is 4.46. The molecule has 0 radical (unpaired) electrons. The van der Waals surface area contributed by atoms with Gasteiger partial charge in [-0.15, -0.1) is 0 Å². The minimum absolute atomic E-state index is 0.478. The van der Waals surface area contributed by atoms with Crippen LogP contribution in [0.2, 0.25) is 0 Å². The highest BCUT2D eigenvalue weighted by Crippen LogP contribution is 2.31. The van der Waals surface area contributed by atoms with Crippen molar-refractivity contribution in [1.29, 1.82) is 0 Å². The van der Waals surface area contributed by atoms with Gasteiger partial charge in [0.2, 0.25) is 0 Å². The van der Waals surface area contributed by atoms with Gasteiger partial charge in [0.15, 0.2) is 0 Å². The zero-order valence-corrected chi connectivity index (χ0v) is 18.2. The summed E-state index contributed by atoms with van der Waals surface area (Å²) < 4.78 is 0. The number of benzene rings is 2. The van der Waals surface area contributed by atoms with Crippen LogP contribution in [0.5, 0.6) is 0 Å². The molecule has 0 aromatic heterocycles. The molecule has 2 nitrogen and oxygen atoms in total. The molecule has 0 saturated heterocycles. The van der Waals surface area contributed by atoms with E-state index in [0.717, 1.165) is 11.4 Å². The van der Waals surface area contributed by atoms with Crippen LogP contribution in [0.4, 0.5) is 11.4 Å². The Morgan fingerprint density at radius 2 is 0.852 bits per heavy atom. The first-order chi connectivity index (χ1) is 12.7. The molecule has 144 valence electrons. The van der Waals surface area contributed by atoms with Crippen LogP contribution in [0.1, 0.15) is 101 Å². The quantitative estimate of drug-likeness (QED) is 0.461. The van der Waals surface area contributed by atoms with Crippen molar-refractivity contribution >= 4 is 17.4 Å². The second-order valence-electron chi connectivity index (χ2n) is 8.57. The van der Waals surface area contributed by atoms with Crippen molar-refractivity contribution in [3.63, 3.8) is 0 Å². The Labute approximate surface area is 165 Å². The van der Waals surface area contributed by atoms with Crippen LogP contribution in [-0.2, 0) is 0 Å². The fourth-order valence-corrected chi connectivity index (χ4v) is 3.46. The average molecular weight is 363 g/mol. The first-order valence-electron chi connectivity index (χ1n) is 10.1. The maximum atomic E-state index is 4.46. The summed E-state index contributed by atoms with van der Waals surface area (Å²) in [6.45, 7) is 17.9. The Hall–Kier alpha value is -2.18. The van der Waals surface area contributed by atoms with Crippen LogP contribution in [0.25, 0.3) is 0 Å². The van der Waals surface area contributed by atoms with Crippen LogP contribution in [0.15, 0.2) is 46.4 Å². The molecule has 0 atom stereocenters. The molecule has 0 amide bonds. The van der Waals surface area contributed by atoms with Gasteiger partial charge >= 0.3 is 0 Å². The lowest BCUT2D eigenvalue weighted by Crippen LogP contribution is -1.98. The molecular weight excluding hydrogens is 328 g/mol. The molecule has 2 aromatic rings. The molecule has 0 fully saturated rings. The summed E-state index contributed by atoms with van der Waals surface area (Å²) in [7, 11) is 0. The van der Waals surface area contributed by atoms with Gasteiger partial charge in [-0.1, -0.05) is 67.5 Å². The molecular formula is C25H34N2. The molecule has 27 heavy (non-hydrogen) atoms. The van der Waals surface area contributed by atoms with E-state index in [2.05, 4.69) is 108 Å². The number of hydrogen-bond acceptors (Lipinski definition) is 2. The second-order valence-corrected chi connectivity index (χ2v) is 8.57. The Morgan fingerprint density at radius 3 is 1.15 bits per heavy atom. The Kier molecular flexibility index (Phi) is 7.16.